The maximum atomic E-state index is 12.4. The molecular formula is C25H24ClN5O3. The summed E-state index contributed by atoms with van der Waals surface area (Å²) >= 11 is 6.35. The number of hydrogen-bond donors (Lipinski definition) is 1. The monoisotopic (exact) mass is 477 g/mol. The van der Waals surface area contributed by atoms with Crippen molar-refractivity contribution in [3.8, 4) is 22.8 Å². The molecule has 8 nitrogen and oxygen atoms in total. The van der Waals surface area contributed by atoms with Gasteiger partial charge in [-0.05, 0) is 30.7 Å². The van der Waals surface area contributed by atoms with Gasteiger partial charge in [0.15, 0.2) is 0 Å². The third kappa shape index (κ3) is 4.24. The molecule has 0 saturated carbocycles. The number of aromatic nitrogens is 3. The van der Waals surface area contributed by atoms with E-state index in [0.717, 1.165) is 42.1 Å². The van der Waals surface area contributed by atoms with Gasteiger partial charge >= 0.3 is 0 Å². The summed E-state index contributed by atoms with van der Waals surface area (Å²) in [5.41, 5.74) is 3.83. The highest BCUT2D eigenvalue weighted by Crippen LogP contribution is 2.38. The summed E-state index contributed by atoms with van der Waals surface area (Å²) in [4.78, 5) is 23.6. The van der Waals surface area contributed by atoms with Crippen LogP contribution in [0.2, 0.25) is 5.02 Å². The van der Waals surface area contributed by atoms with Crippen LogP contribution in [0.15, 0.2) is 61.1 Å². The lowest BCUT2D eigenvalue weighted by molar-refractivity contribution is 0.0935. The maximum absolute atomic E-state index is 12.4. The fourth-order valence-electron chi connectivity index (χ4n) is 4.23. The quantitative estimate of drug-likeness (QED) is 0.451. The van der Waals surface area contributed by atoms with E-state index in [4.69, 9.17) is 26.1 Å². The van der Waals surface area contributed by atoms with E-state index in [2.05, 4.69) is 21.3 Å². The van der Waals surface area contributed by atoms with Crippen LogP contribution in [-0.2, 0) is 0 Å². The minimum Gasteiger partial charge on any atom is -0.496 e. The summed E-state index contributed by atoms with van der Waals surface area (Å²) < 4.78 is 12.8. The fourth-order valence-corrected chi connectivity index (χ4v) is 4.47. The number of imidazole rings is 1. The molecule has 1 fully saturated rings. The number of nitrogens with zero attached hydrogens (tertiary/aromatic N) is 4. The van der Waals surface area contributed by atoms with Crippen molar-refractivity contribution in [3.05, 3.63) is 71.8 Å². The number of benzene rings is 1. The van der Waals surface area contributed by atoms with E-state index in [-0.39, 0.29) is 11.9 Å². The van der Waals surface area contributed by atoms with E-state index in [0.29, 0.717) is 22.2 Å². The Morgan fingerprint density at radius 1 is 1.15 bits per heavy atom. The summed E-state index contributed by atoms with van der Waals surface area (Å²) in [6.45, 7) is 1.57. The van der Waals surface area contributed by atoms with Crippen LogP contribution in [0.3, 0.4) is 0 Å². The van der Waals surface area contributed by atoms with Gasteiger partial charge in [0.2, 0.25) is 0 Å². The van der Waals surface area contributed by atoms with Crippen LogP contribution in [0.1, 0.15) is 16.9 Å². The first-order chi connectivity index (χ1) is 16.6. The van der Waals surface area contributed by atoms with Crippen LogP contribution in [0, 0.1) is 0 Å². The van der Waals surface area contributed by atoms with E-state index in [9.17, 15) is 4.79 Å². The highest BCUT2D eigenvalue weighted by atomic mass is 35.5. The van der Waals surface area contributed by atoms with Crippen molar-refractivity contribution in [2.75, 3.05) is 32.2 Å². The number of nitrogens with one attached hydrogen (secondary N) is 1. The van der Waals surface area contributed by atoms with Gasteiger partial charge in [0.25, 0.3) is 5.91 Å². The minimum absolute atomic E-state index is 0.0618. The number of anilines is 1. The first kappa shape index (κ1) is 22.0. The van der Waals surface area contributed by atoms with Gasteiger partial charge in [-0.3, -0.25) is 9.78 Å². The molecule has 4 heterocycles. The zero-order valence-corrected chi connectivity index (χ0v) is 19.6. The van der Waals surface area contributed by atoms with E-state index in [1.54, 1.807) is 44.7 Å². The largest absolute Gasteiger partial charge is 0.496 e. The Labute approximate surface area is 202 Å². The lowest BCUT2D eigenvalue weighted by Gasteiger charge is -2.19. The lowest BCUT2D eigenvalue weighted by atomic mass is 10.1. The standard InChI is InChI=1S/C25H24ClN5O3/c1-33-22-13-23(34-2)19(26)12-18(22)21-15-31-10-7-17(11-24(31)29-21)30-9-6-16(14-30)28-25(32)20-5-3-4-8-27-20/h3-5,7-8,10-13,15-16H,6,9,14H2,1-2H3,(H,28,32)/t16-/m0/s1. The number of amides is 1. The molecule has 34 heavy (non-hydrogen) atoms. The Balaban J connectivity index is 1.35. The van der Waals surface area contributed by atoms with Gasteiger partial charge in [-0.1, -0.05) is 17.7 Å². The average Bonchev–Trinajstić information content (AvgIpc) is 3.51. The average molecular weight is 478 g/mol. The fraction of sp³-hybridized carbons (Fsp3) is 0.240. The third-order valence-electron chi connectivity index (χ3n) is 5.98. The smallest absolute Gasteiger partial charge is 0.270 e. The molecule has 0 bridgehead atoms. The number of fused-ring (bicyclic) bond motifs is 1. The third-order valence-corrected chi connectivity index (χ3v) is 6.28. The second-order valence-electron chi connectivity index (χ2n) is 8.08. The number of carbonyl (C=O) groups is 1. The number of carbonyl (C=O) groups excluding carboxylic acids is 1. The molecule has 1 N–H and O–H groups in total. The number of rotatable bonds is 6. The molecule has 5 rings (SSSR count). The Kier molecular flexibility index (Phi) is 5.98. The zero-order valence-electron chi connectivity index (χ0n) is 18.9. The molecule has 0 radical (unpaired) electrons. The van der Waals surface area contributed by atoms with Crippen molar-refractivity contribution in [2.24, 2.45) is 0 Å². The zero-order chi connectivity index (χ0) is 23.7. The van der Waals surface area contributed by atoms with E-state index >= 15 is 0 Å². The van der Waals surface area contributed by atoms with Crippen molar-refractivity contribution in [2.45, 2.75) is 12.5 Å². The van der Waals surface area contributed by atoms with Gasteiger partial charge < -0.3 is 24.1 Å². The van der Waals surface area contributed by atoms with Gasteiger partial charge in [-0.25, -0.2) is 4.98 Å². The molecule has 0 unspecified atom stereocenters. The van der Waals surface area contributed by atoms with Crippen molar-refractivity contribution in [1.82, 2.24) is 19.7 Å². The molecule has 1 aromatic carbocycles. The number of pyridine rings is 2. The van der Waals surface area contributed by atoms with E-state index in [1.165, 1.54) is 0 Å². The summed E-state index contributed by atoms with van der Waals surface area (Å²) in [6.07, 6.45) is 6.42. The molecule has 1 atom stereocenters. The summed E-state index contributed by atoms with van der Waals surface area (Å²) in [6, 6.07) is 13.1. The van der Waals surface area contributed by atoms with Crippen LogP contribution < -0.4 is 19.7 Å². The van der Waals surface area contributed by atoms with Crippen LogP contribution in [0.25, 0.3) is 16.9 Å². The normalized spacial score (nSPS) is 15.5. The van der Waals surface area contributed by atoms with Crippen molar-refractivity contribution in [1.29, 1.82) is 0 Å². The topological polar surface area (TPSA) is 81.0 Å². The van der Waals surface area contributed by atoms with E-state index in [1.807, 2.05) is 28.9 Å². The SMILES string of the molecule is COc1cc(OC)c(-c2cn3ccc(N4CC[C@H](NC(=O)c5ccccn5)C4)cc3n2)cc1Cl. The van der Waals surface area contributed by atoms with Gasteiger partial charge in [0.1, 0.15) is 22.8 Å². The number of ether oxygens (including phenoxy) is 2. The number of hydrogen-bond acceptors (Lipinski definition) is 6. The van der Waals surface area contributed by atoms with Crippen LogP contribution in [-0.4, -0.2) is 53.6 Å². The number of halogens is 1. The van der Waals surface area contributed by atoms with Crippen molar-refractivity contribution in [3.63, 3.8) is 0 Å². The second kappa shape index (κ2) is 9.23. The minimum atomic E-state index is -0.145. The summed E-state index contributed by atoms with van der Waals surface area (Å²) in [7, 11) is 3.18. The first-order valence-electron chi connectivity index (χ1n) is 10.9. The molecule has 4 aromatic rings. The molecule has 0 aliphatic carbocycles. The Morgan fingerprint density at radius 3 is 2.76 bits per heavy atom. The van der Waals surface area contributed by atoms with Crippen LogP contribution in [0.5, 0.6) is 11.5 Å². The van der Waals surface area contributed by atoms with Gasteiger partial charge in [0, 0.05) is 61.1 Å². The van der Waals surface area contributed by atoms with E-state index < -0.39 is 0 Å². The van der Waals surface area contributed by atoms with Crippen LogP contribution >= 0.6 is 11.6 Å². The molecule has 0 spiro atoms. The first-order valence-corrected chi connectivity index (χ1v) is 11.3. The molecule has 1 aliphatic rings. The van der Waals surface area contributed by atoms with Crippen molar-refractivity contribution < 1.29 is 14.3 Å². The molecule has 174 valence electrons. The van der Waals surface area contributed by atoms with Crippen LogP contribution in [0.4, 0.5) is 5.69 Å². The molecule has 3 aromatic heterocycles. The molecule has 1 aliphatic heterocycles. The maximum Gasteiger partial charge on any atom is 0.270 e. The molecular weight excluding hydrogens is 454 g/mol. The molecule has 1 amide bonds. The predicted molar refractivity (Wildman–Crippen MR) is 131 cm³/mol. The Bertz CT molecular complexity index is 1340. The summed E-state index contributed by atoms with van der Waals surface area (Å²) in [5.74, 6) is 1.04. The van der Waals surface area contributed by atoms with Gasteiger partial charge in [0.05, 0.1) is 24.9 Å². The second-order valence-corrected chi connectivity index (χ2v) is 8.49. The predicted octanol–water partition coefficient (Wildman–Crippen LogP) is 4.08. The lowest BCUT2D eigenvalue weighted by Crippen LogP contribution is -2.37. The Hall–Kier alpha value is -3.78. The van der Waals surface area contributed by atoms with Gasteiger partial charge in [-0.2, -0.15) is 0 Å². The number of methoxy groups -OCH3 is 2. The van der Waals surface area contributed by atoms with Crippen molar-refractivity contribution >= 4 is 28.8 Å². The highest BCUT2D eigenvalue weighted by Gasteiger charge is 2.25. The van der Waals surface area contributed by atoms with Gasteiger partial charge in [-0.15, -0.1) is 0 Å². The molecule has 1 saturated heterocycles. The molecule has 9 heteroatoms. The Morgan fingerprint density at radius 2 is 2.00 bits per heavy atom. The highest BCUT2D eigenvalue weighted by molar-refractivity contribution is 6.32. The summed E-state index contributed by atoms with van der Waals surface area (Å²) in [5, 5.41) is 3.58.